The van der Waals surface area contributed by atoms with Gasteiger partial charge >= 0.3 is 5.97 Å². The Kier molecular flexibility index (Phi) is 5.19. The zero-order valence-electron chi connectivity index (χ0n) is 10.6. The van der Waals surface area contributed by atoms with Crippen molar-refractivity contribution >= 4 is 16.8 Å². The minimum Gasteiger partial charge on any atom is -0.480 e. The highest BCUT2D eigenvalue weighted by atomic mass is 32.2. The van der Waals surface area contributed by atoms with Crippen LogP contribution in [-0.4, -0.2) is 20.5 Å². The van der Waals surface area contributed by atoms with Gasteiger partial charge in [-0.1, -0.05) is 26.0 Å². The number of nitriles is 1. The van der Waals surface area contributed by atoms with Crippen LogP contribution in [0.25, 0.3) is 0 Å². The molecule has 0 aliphatic carbocycles. The first-order valence-electron chi connectivity index (χ1n) is 5.66. The molecule has 1 aromatic carbocycles. The summed E-state index contributed by atoms with van der Waals surface area (Å²) in [6.45, 7) is 3.30. The third-order valence-electron chi connectivity index (χ3n) is 2.63. The van der Waals surface area contributed by atoms with E-state index in [-0.39, 0.29) is 22.8 Å². The molecule has 0 spiro atoms. The van der Waals surface area contributed by atoms with Gasteiger partial charge in [-0.15, -0.1) is 0 Å². The Morgan fingerprint density at radius 1 is 1.53 bits per heavy atom. The van der Waals surface area contributed by atoms with Crippen molar-refractivity contribution in [3.8, 4) is 6.07 Å². The highest BCUT2D eigenvalue weighted by Gasteiger charge is 2.28. The molecule has 4 nitrogen and oxygen atoms in total. The summed E-state index contributed by atoms with van der Waals surface area (Å²) < 4.78 is 25.8. The van der Waals surface area contributed by atoms with Gasteiger partial charge in [-0.25, -0.2) is 4.39 Å². The summed E-state index contributed by atoms with van der Waals surface area (Å²) in [7, 11) is -1.74. The quantitative estimate of drug-likeness (QED) is 0.897. The van der Waals surface area contributed by atoms with Gasteiger partial charge in [-0.05, 0) is 12.0 Å². The van der Waals surface area contributed by atoms with E-state index in [1.165, 1.54) is 18.2 Å². The molecule has 0 heterocycles. The first kappa shape index (κ1) is 15.3. The van der Waals surface area contributed by atoms with Crippen LogP contribution in [0.15, 0.2) is 18.2 Å². The van der Waals surface area contributed by atoms with Gasteiger partial charge in [0, 0.05) is 16.4 Å². The van der Waals surface area contributed by atoms with Crippen LogP contribution in [0.1, 0.15) is 25.0 Å². The first-order valence-corrected chi connectivity index (χ1v) is 7.04. The van der Waals surface area contributed by atoms with Gasteiger partial charge in [0.2, 0.25) is 0 Å². The third-order valence-corrected chi connectivity index (χ3v) is 4.54. The lowest BCUT2D eigenvalue weighted by atomic mass is 10.1. The van der Waals surface area contributed by atoms with E-state index in [4.69, 9.17) is 10.4 Å². The Morgan fingerprint density at radius 3 is 2.63 bits per heavy atom. The Balaban J connectivity index is 3.00. The van der Waals surface area contributed by atoms with Crippen molar-refractivity contribution in [1.82, 2.24) is 0 Å². The van der Waals surface area contributed by atoms with Crippen LogP contribution in [0.3, 0.4) is 0 Å². The number of rotatable bonds is 5. The first-order chi connectivity index (χ1) is 8.88. The number of carboxylic acid groups (broad SMARTS) is 1. The largest absolute Gasteiger partial charge is 0.480 e. The van der Waals surface area contributed by atoms with Crippen molar-refractivity contribution in [1.29, 1.82) is 5.26 Å². The molecule has 2 atom stereocenters. The summed E-state index contributed by atoms with van der Waals surface area (Å²) in [6, 6.07) is 5.91. The molecule has 0 bridgehead atoms. The standard InChI is InChI=1S/C13H14FNO3S/c1-8(2)12(13(16)17)19(18)7-10-5-3-4-9(6-15)11(10)14/h3-5,8,12H,7H2,1-2H3,(H,16,17). The summed E-state index contributed by atoms with van der Waals surface area (Å²) in [4.78, 5) is 11.0. The van der Waals surface area contributed by atoms with Crippen LogP contribution in [0, 0.1) is 23.1 Å². The Hall–Kier alpha value is -1.74. The van der Waals surface area contributed by atoms with Crippen LogP contribution in [-0.2, 0) is 21.3 Å². The molecule has 0 aliphatic rings. The molecule has 0 aromatic heterocycles. The number of nitrogens with zero attached hydrogens (tertiary/aromatic N) is 1. The molecule has 0 saturated heterocycles. The molecule has 102 valence electrons. The maximum atomic E-state index is 13.8. The lowest BCUT2D eigenvalue weighted by Crippen LogP contribution is -2.31. The zero-order valence-corrected chi connectivity index (χ0v) is 11.4. The number of aliphatic carboxylic acids is 1. The van der Waals surface area contributed by atoms with E-state index in [0.29, 0.717) is 0 Å². The van der Waals surface area contributed by atoms with Gasteiger partial charge in [0.15, 0.2) is 0 Å². The molecule has 1 rings (SSSR count). The fraction of sp³-hybridized carbons (Fsp3) is 0.385. The van der Waals surface area contributed by atoms with E-state index in [2.05, 4.69) is 0 Å². The maximum absolute atomic E-state index is 13.8. The van der Waals surface area contributed by atoms with Crippen molar-refractivity contribution in [2.75, 3.05) is 0 Å². The molecule has 0 saturated carbocycles. The van der Waals surface area contributed by atoms with Gasteiger partial charge in [0.25, 0.3) is 0 Å². The molecular weight excluding hydrogens is 269 g/mol. The topological polar surface area (TPSA) is 78.2 Å². The van der Waals surface area contributed by atoms with Crippen molar-refractivity contribution in [3.63, 3.8) is 0 Å². The molecule has 1 N–H and O–H groups in total. The van der Waals surface area contributed by atoms with Crippen LogP contribution < -0.4 is 0 Å². The number of hydrogen-bond donors (Lipinski definition) is 1. The Labute approximate surface area is 113 Å². The molecule has 6 heteroatoms. The monoisotopic (exact) mass is 283 g/mol. The molecular formula is C13H14FNO3S. The van der Waals surface area contributed by atoms with Crippen molar-refractivity contribution in [3.05, 3.63) is 35.1 Å². The summed E-state index contributed by atoms with van der Waals surface area (Å²) >= 11 is 0. The van der Waals surface area contributed by atoms with Crippen molar-refractivity contribution in [2.24, 2.45) is 5.92 Å². The lowest BCUT2D eigenvalue weighted by molar-refractivity contribution is -0.137. The predicted molar refractivity (Wildman–Crippen MR) is 69.2 cm³/mol. The second-order valence-corrected chi connectivity index (χ2v) is 5.98. The fourth-order valence-corrected chi connectivity index (χ4v) is 3.26. The van der Waals surface area contributed by atoms with Gasteiger partial charge in [0.05, 0.1) is 11.3 Å². The maximum Gasteiger partial charge on any atom is 0.319 e. The van der Waals surface area contributed by atoms with E-state index in [9.17, 15) is 13.4 Å². The molecule has 1 aromatic rings. The van der Waals surface area contributed by atoms with E-state index in [1.807, 2.05) is 0 Å². The molecule has 0 fully saturated rings. The summed E-state index contributed by atoms with van der Waals surface area (Å²) in [6.07, 6.45) is 0. The SMILES string of the molecule is CC(C)C(C(=O)O)S(=O)Cc1cccc(C#N)c1F. The van der Waals surface area contributed by atoms with Gasteiger partial charge in [-0.2, -0.15) is 5.26 Å². The minimum atomic E-state index is -1.74. The van der Waals surface area contributed by atoms with Crippen LogP contribution in [0.4, 0.5) is 4.39 Å². The number of halogens is 1. The van der Waals surface area contributed by atoms with E-state index >= 15 is 0 Å². The zero-order chi connectivity index (χ0) is 14.6. The number of hydrogen-bond acceptors (Lipinski definition) is 3. The number of carbonyl (C=O) groups is 1. The van der Waals surface area contributed by atoms with Crippen LogP contribution in [0.5, 0.6) is 0 Å². The predicted octanol–water partition coefficient (Wildman–Crippen LogP) is 2.06. The molecule has 0 aliphatic heterocycles. The summed E-state index contributed by atoms with van der Waals surface area (Å²) in [5, 5.41) is 16.7. The number of benzene rings is 1. The van der Waals surface area contributed by atoms with Crippen LogP contribution in [0.2, 0.25) is 0 Å². The lowest BCUT2D eigenvalue weighted by Gasteiger charge is -2.16. The van der Waals surface area contributed by atoms with Gasteiger partial charge < -0.3 is 5.11 Å². The second kappa shape index (κ2) is 6.43. The molecule has 2 unspecified atom stereocenters. The molecule has 0 amide bonds. The van der Waals surface area contributed by atoms with Crippen molar-refractivity contribution in [2.45, 2.75) is 24.9 Å². The highest BCUT2D eigenvalue weighted by molar-refractivity contribution is 7.85. The highest BCUT2D eigenvalue weighted by Crippen LogP contribution is 2.18. The van der Waals surface area contributed by atoms with E-state index in [0.717, 1.165) is 0 Å². The Bertz CT molecular complexity index is 551. The van der Waals surface area contributed by atoms with Crippen LogP contribution >= 0.6 is 0 Å². The average molecular weight is 283 g/mol. The average Bonchev–Trinajstić information content (AvgIpc) is 2.30. The van der Waals surface area contributed by atoms with Gasteiger partial charge in [-0.3, -0.25) is 9.00 Å². The second-order valence-electron chi connectivity index (χ2n) is 4.42. The summed E-state index contributed by atoms with van der Waals surface area (Å²) in [5.74, 6) is -2.42. The summed E-state index contributed by atoms with van der Waals surface area (Å²) in [5.41, 5.74) is -0.0322. The smallest absolute Gasteiger partial charge is 0.319 e. The molecule has 0 radical (unpaired) electrons. The van der Waals surface area contributed by atoms with Gasteiger partial charge in [0.1, 0.15) is 17.1 Å². The molecule has 19 heavy (non-hydrogen) atoms. The Morgan fingerprint density at radius 2 is 2.16 bits per heavy atom. The van der Waals surface area contributed by atoms with Crippen molar-refractivity contribution < 1.29 is 18.5 Å². The number of carboxylic acids is 1. The third kappa shape index (κ3) is 3.61. The van der Waals surface area contributed by atoms with E-state index in [1.54, 1.807) is 19.9 Å². The van der Waals surface area contributed by atoms with E-state index < -0.39 is 27.8 Å². The normalized spacial score (nSPS) is 13.8. The fourth-order valence-electron chi connectivity index (χ4n) is 1.72. The minimum absolute atomic E-state index is 0.101.